The zero-order valence-electron chi connectivity index (χ0n) is 73.6. The van der Waals surface area contributed by atoms with Gasteiger partial charge in [-0.15, -0.1) is 0 Å². The molecule has 0 aliphatic rings. The van der Waals surface area contributed by atoms with Gasteiger partial charge in [-0.3, -0.25) is 32.5 Å². The highest BCUT2D eigenvalue weighted by Gasteiger charge is 2.29. The van der Waals surface area contributed by atoms with E-state index in [1.54, 1.807) is 0 Å². The molecule has 0 fully saturated rings. The number of phosphoric acid groups is 2. The maximum atomic E-state index is 13.1. The first-order chi connectivity index (χ1) is 57.2. The summed E-state index contributed by atoms with van der Waals surface area (Å²) in [5.41, 5.74) is 0. The van der Waals surface area contributed by atoms with Crippen LogP contribution in [-0.4, -0.2) is 95.9 Å². The van der Waals surface area contributed by atoms with Crippen LogP contribution in [0.5, 0.6) is 0 Å². The summed E-state index contributed by atoms with van der Waals surface area (Å²) in [4.78, 5) is 59.0. The van der Waals surface area contributed by atoms with Crippen LogP contribution in [0.4, 0.5) is 0 Å². The molecule has 0 aromatic carbocycles. The number of carbonyl (C=O) groups is 3. The Morgan fingerprint density at radius 2 is 0.453 bits per heavy atom. The van der Waals surface area contributed by atoms with E-state index in [0.717, 1.165) is 199 Å². The van der Waals surface area contributed by atoms with Gasteiger partial charge in [-0.25, -0.2) is 9.13 Å². The van der Waals surface area contributed by atoms with E-state index in [2.05, 4.69) is 203 Å². The molecule has 0 radical (unpaired) electrons. The Balaban J connectivity index is 4.66. The van der Waals surface area contributed by atoms with E-state index in [0.29, 0.717) is 19.3 Å². The molecule has 0 rings (SSSR count). The maximum absolute atomic E-state index is 13.1. The van der Waals surface area contributed by atoms with Crippen LogP contribution in [0.15, 0.2) is 182 Å². The van der Waals surface area contributed by atoms with Crippen molar-refractivity contribution in [2.45, 2.75) is 386 Å². The van der Waals surface area contributed by atoms with Crippen LogP contribution in [-0.2, 0) is 55.8 Å². The molecule has 5 atom stereocenters. The molecular formula is C99H166O16P2. The largest absolute Gasteiger partial charge is 0.472 e. The second kappa shape index (κ2) is 89.9. The fraction of sp³-hybridized carbons (Fsp3) is 0.667. The first-order valence-electron chi connectivity index (χ1n) is 46.1. The van der Waals surface area contributed by atoms with Crippen LogP contribution in [0.25, 0.3) is 0 Å². The van der Waals surface area contributed by atoms with Gasteiger partial charge in [0.25, 0.3) is 0 Å². The number of carbonyl (C=O) groups excluding carboxylic acids is 3. The zero-order chi connectivity index (χ0) is 85.1. The molecule has 0 aliphatic heterocycles. The van der Waals surface area contributed by atoms with Crippen molar-refractivity contribution < 1.29 is 75.8 Å². The summed E-state index contributed by atoms with van der Waals surface area (Å²) in [5, 5.41) is 20.7. The standard InChI is InChI=1S/C99H166O16P2/c1-4-7-10-13-16-19-22-25-28-31-34-37-40-42-44-46-48-50-53-55-58-61-64-67-70-73-76-79-82-85-97(102)109-88-94(100)89-111-116(105,106)112-90-95(101)91-113-117(107,108)114-93-96(115-99(104)87-84-81-78-75-72-69-66-63-60-57-52-39-36-33-30-27-24-21-18-15-12-9-6-3)92-110-98(103)86-83-80-77-74-71-68-65-62-59-56-54-51-49-47-45-43-41-38-35-32-29-26-23-20-17-14-11-8-5-2/h7-8,10-11,16-21,25-30,34-39,42-45,48,50,57,60,94-96,100-101H,4-6,9,12-15,22-24,31-33,40-41,46-47,49,51-56,58-59,61-93H2,1-3H3,(H,105,106)(H,107,108)/b10-7-,11-8-,19-16-,20-17-,21-18-,28-25-,29-26-,30-27-,37-34-,38-35-,39-36-,44-42-,45-43-,50-48-,60-57-. The number of aliphatic hydroxyl groups excluding tert-OH is 2. The first-order valence-corrected chi connectivity index (χ1v) is 49.1. The molecule has 18 heteroatoms. The normalized spacial score (nSPS) is 14.6. The molecule has 0 spiro atoms. The van der Waals surface area contributed by atoms with Gasteiger partial charge in [0.2, 0.25) is 0 Å². The van der Waals surface area contributed by atoms with Crippen LogP contribution in [0.3, 0.4) is 0 Å². The number of hydrogen-bond donors (Lipinski definition) is 4. The number of hydrogen-bond acceptors (Lipinski definition) is 14. The molecular weight excluding hydrogens is 1510 g/mol. The van der Waals surface area contributed by atoms with Gasteiger partial charge >= 0.3 is 33.6 Å². The van der Waals surface area contributed by atoms with E-state index in [-0.39, 0.29) is 19.3 Å². The molecule has 5 unspecified atom stereocenters. The maximum Gasteiger partial charge on any atom is 0.472 e. The smallest absolute Gasteiger partial charge is 0.463 e. The van der Waals surface area contributed by atoms with Crippen molar-refractivity contribution in [2.75, 3.05) is 39.6 Å². The third-order valence-electron chi connectivity index (χ3n) is 19.1. The van der Waals surface area contributed by atoms with Crippen molar-refractivity contribution in [2.24, 2.45) is 0 Å². The molecule has 117 heavy (non-hydrogen) atoms. The van der Waals surface area contributed by atoms with E-state index < -0.39 is 91.5 Å². The minimum Gasteiger partial charge on any atom is -0.463 e. The van der Waals surface area contributed by atoms with Crippen molar-refractivity contribution in [1.82, 2.24) is 0 Å². The Kier molecular flexibility index (Phi) is 85.8. The topological polar surface area (TPSA) is 231 Å². The van der Waals surface area contributed by atoms with Gasteiger partial charge in [-0.2, -0.15) is 0 Å². The molecule has 16 nitrogen and oxygen atoms in total. The van der Waals surface area contributed by atoms with Gasteiger partial charge in [0.15, 0.2) is 6.10 Å². The molecule has 0 heterocycles. The van der Waals surface area contributed by atoms with Gasteiger partial charge in [0, 0.05) is 19.3 Å². The van der Waals surface area contributed by atoms with Crippen LogP contribution in [0.1, 0.15) is 367 Å². The molecule has 0 saturated carbocycles. The predicted octanol–water partition coefficient (Wildman–Crippen LogP) is 28.4. The summed E-state index contributed by atoms with van der Waals surface area (Å²) in [5.74, 6) is -1.59. The second-order valence-corrected chi connectivity index (χ2v) is 33.2. The SMILES string of the molecule is CC/C=C\C/C=C\C/C=C\C/C=C\C/C=C\C/C=C\CCCCCCCCCCCCC(=O)OCC(O)COP(=O)(O)OCC(O)COP(=O)(O)OCC(COC(=O)CCCCCCCCCCCCCCC/C=C\C/C=C\C/C=C\C/C=C\C/C=C\CC)OC(=O)CCCCCCCCC/C=C\C/C=C\C/C=C\C/C=C\CCCCC. The number of ether oxygens (including phenoxy) is 3. The van der Waals surface area contributed by atoms with Crippen molar-refractivity contribution in [1.29, 1.82) is 0 Å². The number of aliphatic hydroxyl groups is 2. The van der Waals surface area contributed by atoms with Crippen LogP contribution >= 0.6 is 15.6 Å². The monoisotopic (exact) mass is 1670 g/mol. The van der Waals surface area contributed by atoms with Gasteiger partial charge in [0.05, 0.1) is 26.4 Å². The highest BCUT2D eigenvalue weighted by atomic mass is 31.2. The van der Waals surface area contributed by atoms with Crippen LogP contribution in [0.2, 0.25) is 0 Å². The van der Waals surface area contributed by atoms with Crippen molar-refractivity contribution in [3.05, 3.63) is 182 Å². The highest BCUT2D eigenvalue weighted by Crippen LogP contribution is 2.45. The third kappa shape index (κ3) is 91.2. The summed E-state index contributed by atoms with van der Waals surface area (Å²) in [7, 11) is -9.82. The number of unbranched alkanes of at least 4 members (excludes halogenated alkanes) is 33. The summed E-state index contributed by atoms with van der Waals surface area (Å²) < 4.78 is 61.5. The Morgan fingerprint density at radius 3 is 0.718 bits per heavy atom. The average molecular weight is 1670 g/mol. The third-order valence-corrected chi connectivity index (χ3v) is 21.0. The van der Waals surface area contributed by atoms with Gasteiger partial charge < -0.3 is 34.2 Å². The summed E-state index contributed by atoms with van der Waals surface area (Å²) >= 11 is 0. The Bertz CT molecular complexity index is 2860. The fourth-order valence-corrected chi connectivity index (χ4v) is 13.8. The van der Waals surface area contributed by atoms with E-state index in [9.17, 15) is 43.5 Å². The molecule has 0 aliphatic carbocycles. The lowest BCUT2D eigenvalue weighted by molar-refractivity contribution is -0.161. The lowest BCUT2D eigenvalue weighted by Gasteiger charge is -2.21. The van der Waals surface area contributed by atoms with Crippen molar-refractivity contribution in [3.63, 3.8) is 0 Å². The Morgan fingerprint density at radius 1 is 0.248 bits per heavy atom. The summed E-state index contributed by atoms with van der Waals surface area (Å²) in [6.45, 7) is 2.44. The number of phosphoric ester groups is 2. The minimum absolute atomic E-state index is 0.0874. The minimum atomic E-state index is -4.95. The summed E-state index contributed by atoms with van der Waals surface area (Å²) in [6.07, 6.45) is 118. The molecule has 0 bridgehead atoms. The predicted molar refractivity (Wildman–Crippen MR) is 491 cm³/mol. The zero-order valence-corrected chi connectivity index (χ0v) is 75.4. The van der Waals surface area contributed by atoms with Gasteiger partial charge in [-0.1, -0.05) is 370 Å². The molecule has 0 aromatic heterocycles. The number of allylic oxidation sites excluding steroid dienone is 30. The van der Waals surface area contributed by atoms with E-state index in [4.69, 9.17) is 32.3 Å². The first kappa shape index (κ1) is 112. The molecule has 0 aromatic rings. The number of rotatable bonds is 86. The fourth-order valence-electron chi connectivity index (χ4n) is 12.2. The van der Waals surface area contributed by atoms with Crippen molar-refractivity contribution in [3.8, 4) is 0 Å². The molecule has 4 N–H and O–H groups in total. The van der Waals surface area contributed by atoms with Crippen molar-refractivity contribution >= 4 is 33.6 Å². The molecule has 0 saturated heterocycles. The molecule has 0 amide bonds. The van der Waals surface area contributed by atoms with Gasteiger partial charge in [-0.05, 0) is 161 Å². The lowest BCUT2D eigenvalue weighted by atomic mass is 10.0. The highest BCUT2D eigenvalue weighted by molar-refractivity contribution is 7.47. The quantitative estimate of drug-likeness (QED) is 0.0146. The van der Waals surface area contributed by atoms with Gasteiger partial charge in [0.1, 0.15) is 25.4 Å². The average Bonchev–Trinajstić information content (AvgIpc) is 0.904. The van der Waals surface area contributed by atoms with Crippen LogP contribution < -0.4 is 0 Å². The Labute approximate surface area is 713 Å². The van der Waals surface area contributed by atoms with E-state index in [1.165, 1.54) is 109 Å². The van der Waals surface area contributed by atoms with E-state index >= 15 is 0 Å². The lowest BCUT2D eigenvalue weighted by Crippen LogP contribution is -2.30. The number of esters is 3. The molecule has 668 valence electrons. The van der Waals surface area contributed by atoms with Crippen LogP contribution in [0, 0.1) is 0 Å². The summed E-state index contributed by atoms with van der Waals surface area (Å²) in [6, 6.07) is 0. The van der Waals surface area contributed by atoms with E-state index in [1.807, 2.05) is 0 Å². The Hall–Kier alpha value is -5.35. The second-order valence-electron chi connectivity index (χ2n) is 30.3.